The molecule has 0 radical (unpaired) electrons. The van der Waals surface area contributed by atoms with Crippen LogP contribution in [-0.4, -0.2) is 31.1 Å². The van der Waals surface area contributed by atoms with Crippen LogP contribution in [0, 0.1) is 0 Å². The molecule has 0 aromatic heterocycles. The Bertz CT molecular complexity index is 577. The molecule has 0 amide bonds. The van der Waals surface area contributed by atoms with Crippen LogP contribution in [0.25, 0.3) is 0 Å². The van der Waals surface area contributed by atoms with E-state index in [0.29, 0.717) is 6.04 Å². The zero-order valence-electron chi connectivity index (χ0n) is 12.5. The van der Waals surface area contributed by atoms with Crippen molar-refractivity contribution in [3.05, 3.63) is 78.4 Å². The molecule has 2 aromatic carbocycles. The Morgan fingerprint density at radius 1 is 1.00 bits per heavy atom. The van der Waals surface area contributed by atoms with Crippen molar-refractivity contribution in [1.82, 2.24) is 4.90 Å². The highest BCUT2D eigenvalue weighted by molar-refractivity contribution is 5.47. The quantitative estimate of drug-likeness (QED) is 0.789. The van der Waals surface area contributed by atoms with Crippen LogP contribution in [0.3, 0.4) is 0 Å². The van der Waals surface area contributed by atoms with Gasteiger partial charge in [-0.3, -0.25) is 4.90 Å². The fourth-order valence-electron chi connectivity index (χ4n) is 2.84. The summed E-state index contributed by atoms with van der Waals surface area (Å²) >= 11 is 0. The molecule has 0 bridgehead atoms. The average molecular weight is 278 g/mol. The smallest absolute Gasteiger partial charge is 0.0597 e. The van der Waals surface area contributed by atoms with E-state index in [2.05, 4.69) is 89.7 Å². The van der Waals surface area contributed by atoms with E-state index >= 15 is 0 Å². The Hall–Kier alpha value is -2.06. The molecule has 1 aliphatic heterocycles. The summed E-state index contributed by atoms with van der Waals surface area (Å²) in [5.74, 6) is 0. The molecular formula is C19H22N2. The molecule has 21 heavy (non-hydrogen) atoms. The van der Waals surface area contributed by atoms with Crippen molar-refractivity contribution < 1.29 is 0 Å². The lowest BCUT2D eigenvalue weighted by Gasteiger charge is -2.35. The maximum atomic E-state index is 2.50. The van der Waals surface area contributed by atoms with Gasteiger partial charge in [-0.2, -0.15) is 0 Å². The first-order valence-electron chi connectivity index (χ1n) is 7.54. The highest BCUT2D eigenvalue weighted by Gasteiger charge is 2.19. The van der Waals surface area contributed by atoms with Crippen LogP contribution in [-0.2, 0) is 6.54 Å². The molecule has 0 N–H and O–H groups in total. The first kappa shape index (κ1) is 13.9. The van der Waals surface area contributed by atoms with Gasteiger partial charge in [-0.15, -0.1) is 0 Å². The van der Waals surface area contributed by atoms with E-state index in [0.717, 1.165) is 19.6 Å². The maximum Gasteiger partial charge on any atom is 0.0597 e. The van der Waals surface area contributed by atoms with Crippen molar-refractivity contribution >= 4 is 5.69 Å². The van der Waals surface area contributed by atoms with Gasteiger partial charge >= 0.3 is 0 Å². The van der Waals surface area contributed by atoms with Gasteiger partial charge < -0.3 is 4.90 Å². The lowest BCUT2D eigenvalue weighted by atomic mass is 10.1. The maximum absolute atomic E-state index is 2.50. The third-order valence-corrected chi connectivity index (χ3v) is 4.08. The van der Waals surface area contributed by atoms with Crippen LogP contribution in [0.15, 0.2) is 72.8 Å². The second-order valence-electron chi connectivity index (χ2n) is 5.62. The first-order valence-corrected chi connectivity index (χ1v) is 7.54. The molecule has 0 saturated carbocycles. The fraction of sp³-hybridized carbons (Fsp3) is 0.263. The molecule has 2 heteroatoms. The molecule has 0 aliphatic carbocycles. The highest BCUT2D eigenvalue weighted by atomic mass is 15.2. The molecule has 2 aromatic rings. The summed E-state index contributed by atoms with van der Waals surface area (Å²) in [6.07, 6.45) is 4.62. The van der Waals surface area contributed by atoms with E-state index in [1.807, 2.05) is 0 Å². The van der Waals surface area contributed by atoms with Gasteiger partial charge in [0.2, 0.25) is 0 Å². The third kappa shape index (κ3) is 3.53. The molecule has 0 spiro atoms. The summed E-state index contributed by atoms with van der Waals surface area (Å²) in [6.45, 7) is 3.12. The summed E-state index contributed by atoms with van der Waals surface area (Å²) < 4.78 is 0. The Balaban J connectivity index is 1.66. The lowest BCUT2D eigenvalue weighted by molar-refractivity contribution is 0.274. The summed E-state index contributed by atoms with van der Waals surface area (Å²) in [5, 5.41) is 0. The van der Waals surface area contributed by atoms with Gasteiger partial charge in [-0.1, -0.05) is 60.7 Å². The van der Waals surface area contributed by atoms with Gasteiger partial charge in [-0.05, 0) is 17.7 Å². The van der Waals surface area contributed by atoms with Gasteiger partial charge in [0, 0.05) is 32.4 Å². The predicted molar refractivity (Wildman–Crippen MR) is 89.5 cm³/mol. The molecule has 1 heterocycles. The molecule has 2 nitrogen and oxygen atoms in total. The van der Waals surface area contributed by atoms with E-state index in [4.69, 9.17) is 0 Å². The van der Waals surface area contributed by atoms with Crippen molar-refractivity contribution in [2.75, 3.05) is 25.0 Å². The number of rotatable bonds is 4. The van der Waals surface area contributed by atoms with Crippen LogP contribution in [0.1, 0.15) is 5.56 Å². The van der Waals surface area contributed by atoms with Crippen LogP contribution >= 0.6 is 0 Å². The van der Waals surface area contributed by atoms with Crippen molar-refractivity contribution in [3.63, 3.8) is 0 Å². The van der Waals surface area contributed by atoms with E-state index in [9.17, 15) is 0 Å². The van der Waals surface area contributed by atoms with Crippen molar-refractivity contribution in [1.29, 1.82) is 0 Å². The molecule has 3 rings (SSSR count). The number of para-hydroxylation sites is 1. The van der Waals surface area contributed by atoms with Gasteiger partial charge in [-0.25, -0.2) is 0 Å². The van der Waals surface area contributed by atoms with Crippen LogP contribution in [0.4, 0.5) is 5.69 Å². The van der Waals surface area contributed by atoms with E-state index in [1.165, 1.54) is 11.3 Å². The van der Waals surface area contributed by atoms with Crippen LogP contribution < -0.4 is 4.90 Å². The van der Waals surface area contributed by atoms with Crippen molar-refractivity contribution in [3.8, 4) is 0 Å². The minimum absolute atomic E-state index is 0.435. The topological polar surface area (TPSA) is 6.48 Å². The predicted octanol–water partition coefficient (Wildman–Crippen LogP) is 3.56. The number of anilines is 1. The van der Waals surface area contributed by atoms with Gasteiger partial charge in [0.05, 0.1) is 6.04 Å². The lowest BCUT2D eigenvalue weighted by Crippen LogP contribution is -2.43. The minimum Gasteiger partial charge on any atom is -0.367 e. The Morgan fingerprint density at radius 3 is 2.38 bits per heavy atom. The largest absolute Gasteiger partial charge is 0.367 e. The van der Waals surface area contributed by atoms with Gasteiger partial charge in [0.1, 0.15) is 0 Å². The van der Waals surface area contributed by atoms with Crippen LogP contribution in [0.5, 0.6) is 0 Å². The molecular weight excluding hydrogens is 256 g/mol. The Morgan fingerprint density at radius 2 is 1.67 bits per heavy atom. The van der Waals surface area contributed by atoms with Crippen LogP contribution in [0.2, 0.25) is 0 Å². The summed E-state index contributed by atoms with van der Waals surface area (Å²) in [6, 6.07) is 21.7. The number of nitrogens with zero attached hydrogens (tertiary/aromatic N) is 2. The number of hydrogen-bond donors (Lipinski definition) is 0. The van der Waals surface area contributed by atoms with E-state index in [-0.39, 0.29) is 0 Å². The second-order valence-corrected chi connectivity index (χ2v) is 5.62. The summed E-state index contributed by atoms with van der Waals surface area (Å²) in [4.78, 5) is 4.85. The summed E-state index contributed by atoms with van der Waals surface area (Å²) in [5.41, 5.74) is 2.66. The SMILES string of the molecule is CN(c1ccccc1)C1C=CCN(Cc2ccccc2)C1. The van der Waals surface area contributed by atoms with E-state index in [1.54, 1.807) is 0 Å². The standard InChI is InChI=1S/C19H22N2/c1-20(18-11-6-3-7-12-18)19-13-8-14-21(16-19)15-17-9-4-2-5-10-17/h2-13,19H,14-16H2,1H3. The monoisotopic (exact) mass is 278 g/mol. The minimum atomic E-state index is 0.435. The third-order valence-electron chi connectivity index (χ3n) is 4.08. The average Bonchev–Trinajstić information content (AvgIpc) is 2.56. The number of likely N-dealkylation sites (N-methyl/N-ethyl adjacent to an activating group) is 1. The molecule has 0 fully saturated rings. The molecule has 108 valence electrons. The van der Waals surface area contributed by atoms with Gasteiger partial charge in [0.15, 0.2) is 0 Å². The number of benzene rings is 2. The number of hydrogen-bond acceptors (Lipinski definition) is 2. The normalized spacial score (nSPS) is 18.6. The molecule has 1 aliphatic rings. The van der Waals surface area contributed by atoms with E-state index < -0.39 is 0 Å². The Labute approximate surface area is 127 Å². The molecule has 1 unspecified atom stereocenters. The first-order chi connectivity index (χ1) is 10.3. The molecule has 0 saturated heterocycles. The van der Waals surface area contributed by atoms with Crippen molar-refractivity contribution in [2.45, 2.75) is 12.6 Å². The van der Waals surface area contributed by atoms with Crippen molar-refractivity contribution in [2.24, 2.45) is 0 Å². The second kappa shape index (κ2) is 6.59. The zero-order valence-corrected chi connectivity index (χ0v) is 12.5. The fourth-order valence-corrected chi connectivity index (χ4v) is 2.84. The molecule has 1 atom stereocenters. The Kier molecular flexibility index (Phi) is 4.37. The summed E-state index contributed by atoms with van der Waals surface area (Å²) in [7, 11) is 2.18. The highest BCUT2D eigenvalue weighted by Crippen LogP contribution is 2.18. The van der Waals surface area contributed by atoms with Gasteiger partial charge in [0.25, 0.3) is 0 Å². The zero-order chi connectivity index (χ0) is 14.5.